The summed E-state index contributed by atoms with van der Waals surface area (Å²) in [6, 6.07) is 5.71. The Morgan fingerprint density at radius 1 is 1.37 bits per heavy atom. The minimum absolute atomic E-state index is 0.563. The molecule has 1 saturated heterocycles. The zero-order chi connectivity index (χ0) is 13.1. The topological polar surface area (TPSA) is 66.5 Å². The number of rotatable bonds is 3. The second kappa shape index (κ2) is 5.34. The molecule has 0 radical (unpaired) electrons. The van der Waals surface area contributed by atoms with Gasteiger partial charge in [0, 0.05) is 32.3 Å². The van der Waals surface area contributed by atoms with E-state index in [4.69, 9.17) is 10.00 Å². The molecule has 0 atom stereocenters. The van der Waals surface area contributed by atoms with E-state index >= 15 is 0 Å². The van der Waals surface area contributed by atoms with E-state index in [1.165, 1.54) is 0 Å². The van der Waals surface area contributed by atoms with Gasteiger partial charge in [-0.25, -0.2) is 9.50 Å². The maximum absolute atomic E-state index is 9.03. The number of aromatic nitrogens is 3. The standard InChI is InChI=1S/C13H15N5O/c14-10-11-2-1-4-18-13(11)15-12(16-18)3-5-17-6-8-19-9-7-17/h1-2,4H,3,5-9H2. The van der Waals surface area contributed by atoms with Gasteiger partial charge in [0.25, 0.3) is 0 Å². The van der Waals surface area contributed by atoms with E-state index in [1.54, 1.807) is 10.6 Å². The van der Waals surface area contributed by atoms with Crippen LogP contribution in [0.2, 0.25) is 0 Å². The molecular weight excluding hydrogens is 242 g/mol. The van der Waals surface area contributed by atoms with Gasteiger partial charge in [-0.05, 0) is 12.1 Å². The van der Waals surface area contributed by atoms with Crippen LogP contribution in [0.4, 0.5) is 0 Å². The largest absolute Gasteiger partial charge is 0.379 e. The van der Waals surface area contributed by atoms with E-state index in [9.17, 15) is 0 Å². The zero-order valence-corrected chi connectivity index (χ0v) is 10.6. The van der Waals surface area contributed by atoms with E-state index in [0.717, 1.165) is 45.1 Å². The van der Waals surface area contributed by atoms with Crippen LogP contribution in [0, 0.1) is 11.3 Å². The summed E-state index contributed by atoms with van der Waals surface area (Å²) in [5.41, 5.74) is 1.20. The summed E-state index contributed by atoms with van der Waals surface area (Å²) in [6.07, 6.45) is 2.62. The highest BCUT2D eigenvalue weighted by atomic mass is 16.5. The van der Waals surface area contributed by atoms with Crippen LogP contribution in [0.3, 0.4) is 0 Å². The predicted octanol–water partition coefficient (Wildman–Crippen LogP) is 0.476. The Labute approximate surface area is 111 Å². The van der Waals surface area contributed by atoms with Gasteiger partial charge in [-0.15, -0.1) is 0 Å². The van der Waals surface area contributed by atoms with E-state index in [-0.39, 0.29) is 0 Å². The predicted molar refractivity (Wildman–Crippen MR) is 68.7 cm³/mol. The third-order valence-corrected chi connectivity index (χ3v) is 3.28. The molecule has 98 valence electrons. The summed E-state index contributed by atoms with van der Waals surface area (Å²) in [7, 11) is 0. The number of hydrogen-bond donors (Lipinski definition) is 0. The van der Waals surface area contributed by atoms with E-state index in [2.05, 4.69) is 21.1 Å². The molecule has 2 aromatic heterocycles. The first kappa shape index (κ1) is 12.1. The zero-order valence-electron chi connectivity index (χ0n) is 10.6. The van der Waals surface area contributed by atoms with Crippen LogP contribution in [-0.4, -0.2) is 52.3 Å². The summed E-state index contributed by atoms with van der Waals surface area (Å²) < 4.78 is 6.99. The molecule has 0 N–H and O–H groups in total. The Morgan fingerprint density at radius 3 is 3.00 bits per heavy atom. The van der Waals surface area contributed by atoms with E-state index in [1.807, 2.05) is 12.3 Å². The highest BCUT2D eigenvalue weighted by molar-refractivity contribution is 5.54. The summed E-state index contributed by atoms with van der Waals surface area (Å²) in [6.45, 7) is 4.48. The highest BCUT2D eigenvalue weighted by Gasteiger charge is 2.12. The van der Waals surface area contributed by atoms with Crippen LogP contribution in [-0.2, 0) is 11.2 Å². The number of morpholine rings is 1. The van der Waals surface area contributed by atoms with Crippen molar-refractivity contribution in [2.45, 2.75) is 6.42 Å². The molecule has 3 heterocycles. The van der Waals surface area contributed by atoms with Gasteiger partial charge in [-0.2, -0.15) is 10.4 Å². The fourth-order valence-corrected chi connectivity index (χ4v) is 2.23. The van der Waals surface area contributed by atoms with Crippen molar-refractivity contribution in [1.29, 1.82) is 5.26 Å². The number of nitriles is 1. The lowest BCUT2D eigenvalue weighted by Gasteiger charge is -2.25. The lowest BCUT2D eigenvalue weighted by Crippen LogP contribution is -2.37. The molecule has 6 nitrogen and oxygen atoms in total. The normalized spacial score (nSPS) is 16.6. The average Bonchev–Trinajstić information content (AvgIpc) is 2.89. The molecule has 2 aromatic rings. The fraction of sp³-hybridized carbons (Fsp3) is 0.462. The Morgan fingerprint density at radius 2 is 2.21 bits per heavy atom. The quantitative estimate of drug-likeness (QED) is 0.800. The molecule has 1 aliphatic rings. The second-order valence-corrected chi connectivity index (χ2v) is 4.53. The average molecular weight is 257 g/mol. The first-order chi connectivity index (χ1) is 9.36. The fourth-order valence-electron chi connectivity index (χ4n) is 2.23. The van der Waals surface area contributed by atoms with Crippen molar-refractivity contribution in [3.05, 3.63) is 29.7 Å². The maximum Gasteiger partial charge on any atom is 0.173 e. The summed E-state index contributed by atoms with van der Waals surface area (Å²) in [5, 5.41) is 13.4. The molecular formula is C13H15N5O. The monoisotopic (exact) mass is 257 g/mol. The number of ether oxygens (including phenoxy) is 1. The molecule has 0 saturated carbocycles. The first-order valence-corrected chi connectivity index (χ1v) is 6.41. The Kier molecular flexibility index (Phi) is 3.40. The number of hydrogen-bond acceptors (Lipinski definition) is 5. The van der Waals surface area contributed by atoms with Gasteiger partial charge in [0.05, 0.1) is 18.8 Å². The minimum atomic E-state index is 0.563. The highest BCUT2D eigenvalue weighted by Crippen LogP contribution is 2.08. The van der Waals surface area contributed by atoms with E-state index in [0.29, 0.717) is 11.2 Å². The Bertz CT molecular complexity index is 609. The van der Waals surface area contributed by atoms with Crippen molar-refractivity contribution in [1.82, 2.24) is 19.5 Å². The molecule has 0 bridgehead atoms. The number of pyridine rings is 1. The Balaban J connectivity index is 1.73. The lowest BCUT2D eigenvalue weighted by molar-refractivity contribution is 0.0382. The molecule has 6 heteroatoms. The summed E-state index contributed by atoms with van der Waals surface area (Å²) in [5.74, 6) is 0.786. The molecule has 0 unspecified atom stereocenters. The van der Waals surface area contributed by atoms with Crippen LogP contribution in [0.1, 0.15) is 11.4 Å². The van der Waals surface area contributed by atoms with Crippen LogP contribution >= 0.6 is 0 Å². The summed E-state index contributed by atoms with van der Waals surface area (Å²) in [4.78, 5) is 6.79. The molecule has 0 spiro atoms. The Hall–Kier alpha value is -1.97. The molecule has 0 amide bonds. The summed E-state index contributed by atoms with van der Waals surface area (Å²) >= 11 is 0. The van der Waals surface area contributed by atoms with Crippen molar-refractivity contribution >= 4 is 5.65 Å². The SMILES string of the molecule is N#Cc1cccn2nc(CCN3CCOCC3)nc12. The van der Waals surface area contributed by atoms with Crippen molar-refractivity contribution in [3.63, 3.8) is 0 Å². The first-order valence-electron chi connectivity index (χ1n) is 6.41. The lowest BCUT2D eigenvalue weighted by atomic mass is 10.3. The van der Waals surface area contributed by atoms with Crippen LogP contribution < -0.4 is 0 Å². The molecule has 0 aromatic carbocycles. The van der Waals surface area contributed by atoms with Crippen LogP contribution in [0.5, 0.6) is 0 Å². The molecule has 3 rings (SSSR count). The minimum Gasteiger partial charge on any atom is -0.379 e. The number of nitrogens with zero attached hydrogens (tertiary/aromatic N) is 5. The smallest absolute Gasteiger partial charge is 0.173 e. The third kappa shape index (κ3) is 2.57. The van der Waals surface area contributed by atoms with Gasteiger partial charge >= 0.3 is 0 Å². The van der Waals surface area contributed by atoms with Gasteiger partial charge in [-0.1, -0.05) is 0 Å². The van der Waals surface area contributed by atoms with Gasteiger partial charge in [-0.3, -0.25) is 4.90 Å². The van der Waals surface area contributed by atoms with Crippen molar-refractivity contribution < 1.29 is 4.74 Å². The number of fused-ring (bicyclic) bond motifs is 1. The van der Waals surface area contributed by atoms with Crippen LogP contribution in [0.25, 0.3) is 5.65 Å². The van der Waals surface area contributed by atoms with Gasteiger partial charge in [0.2, 0.25) is 0 Å². The molecule has 19 heavy (non-hydrogen) atoms. The second-order valence-electron chi connectivity index (χ2n) is 4.53. The maximum atomic E-state index is 9.03. The van der Waals surface area contributed by atoms with Gasteiger partial charge < -0.3 is 4.74 Å². The van der Waals surface area contributed by atoms with Gasteiger partial charge in [0.1, 0.15) is 6.07 Å². The van der Waals surface area contributed by atoms with Crippen LogP contribution in [0.15, 0.2) is 18.3 Å². The van der Waals surface area contributed by atoms with Crippen molar-refractivity contribution in [2.24, 2.45) is 0 Å². The molecule has 1 aliphatic heterocycles. The van der Waals surface area contributed by atoms with Gasteiger partial charge in [0.15, 0.2) is 11.5 Å². The van der Waals surface area contributed by atoms with E-state index < -0.39 is 0 Å². The third-order valence-electron chi connectivity index (χ3n) is 3.28. The molecule has 0 aliphatic carbocycles. The van der Waals surface area contributed by atoms with Crippen molar-refractivity contribution in [3.8, 4) is 6.07 Å². The molecule has 1 fully saturated rings. The van der Waals surface area contributed by atoms with Crippen molar-refractivity contribution in [2.75, 3.05) is 32.8 Å².